The molecule has 0 aliphatic carbocycles. The largest absolute Gasteiger partial charge is 0.459 e. The highest BCUT2D eigenvalue weighted by Crippen LogP contribution is 2.27. The predicted molar refractivity (Wildman–Crippen MR) is 91.8 cm³/mol. The van der Waals surface area contributed by atoms with Crippen LogP contribution in [0, 0.1) is 0 Å². The molecule has 1 saturated heterocycles. The standard InChI is InChI=1S/C19H25NO4/c1-13(18-11-15-7-4-5-9-17(15)24-18)20(3)19(21)14(2)23-12-16-8-6-10-22-16/h4-5,7,9,11,13-14,16H,6,8,10,12H2,1-3H3/t13-,14-,16-/m0/s1. The zero-order valence-corrected chi connectivity index (χ0v) is 14.5. The summed E-state index contributed by atoms with van der Waals surface area (Å²) in [7, 11) is 1.78. The lowest BCUT2D eigenvalue weighted by Crippen LogP contribution is -2.38. The molecule has 5 heteroatoms. The number of benzene rings is 1. The van der Waals surface area contributed by atoms with Crippen molar-refractivity contribution in [2.75, 3.05) is 20.3 Å². The Hall–Kier alpha value is -1.85. The van der Waals surface area contributed by atoms with Crippen molar-refractivity contribution in [3.05, 3.63) is 36.1 Å². The Morgan fingerprint density at radius 1 is 1.38 bits per heavy atom. The second-order valence-electron chi connectivity index (χ2n) is 6.42. The molecule has 0 N–H and O–H groups in total. The zero-order chi connectivity index (χ0) is 17.1. The highest BCUT2D eigenvalue weighted by molar-refractivity contribution is 5.81. The number of carbonyl (C=O) groups excluding carboxylic acids is 1. The highest BCUT2D eigenvalue weighted by Gasteiger charge is 2.26. The lowest BCUT2D eigenvalue weighted by atomic mass is 10.2. The number of carbonyl (C=O) groups is 1. The van der Waals surface area contributed by atoms with Crippen molar-refractivity contribution < 1.29 is 18.7 Å². The van der Waals surface area contributed by atoms with Crippen LogP contribution in [-0.4, -0.2) is 43.3 Å². The third kappa shape index (κ3) is 3.62. The highest BCUT2D eigenvalue weighted by atomic mass is 16.5. The Labute approximate surface area is 142 Å². The third-order valence-corrected chi connectivity index (χ3v) is 4.69. The van der Waals surface area contributed by atoms with Gasteiger partial charge in [-0.15, -0.1) is 0 Å². The van der Waals surface area contributed by atoms with Crippen LogP contribution in [-0.2, 0) is 14.3 Å². The number of rotatable bonds is 6. The van der Waals surface area contributed by atoms with Gasteiger partial charge in [0, 0.05) is 19.0 Å². The predicted octanol–water partition coefficient (Wildman–Crippen LogP) is 3.54. The Balaban J connectivity index is 1.60. The van der Waals surface area contributed by atoms with Gasteiger partial charge in [-0.3, -0.25) is 4.79 Å². The molecule has 1 aliphatic rings. The summed E-state index contributed by atoms with van der Waals surface area (Å²) in [6, 6.07) is 9.68. The molecule has 5 nitrogen and oxygen atoms in total. The molecule has 1 aliphatic heterocycles. The van der Waals surface area contributed by atoms with Crippen molar-refractivity contribution in [1.29, 1.82) is 0 Å². The van der Waals surface area contributed by atoms with E-state index < -0.39 is 6.10 Å². The first kappa shape index (κ1) is 17.0. The van der Waals surface area contributed by atoms with Gasteiger partial charge in [0.15, 0.2) is 0 Å². The fraction of sp³-hybridized carbons (Fsp3) is 0.526. The third-order valence-electron chi connectivity index (χ3n) is 4.69. The van der Waals surface area contributed by atoms with Gasteiger partial charge in [0.05, 0.1) is 18.8 Å². The number of hydrogen-bond donors (Lipinski definition) is 0. The Morgan fingerprint density at radius 3 is 2.88 bits per heavy atom. The Kier molecular flexibility index (Phi) is 5.21. The summed E-state index contributed by atoms with van der Waals surface area (Å²) in [5.41, 5.74) is 0.836. The Bertz CT molecular complexity index is 656. The number of amides is 1. The summed E-state index contributed by atoms with van der Waals surface area (Å²) >= 11 is 0. The number of furan rings is 1. The van der Waals surface area contributed by atoms with E-state index in [1.807, 2.05) is 37.3 Å². The maximum absolute atomic E-state index is 12.6. The number of fused-ring (bicyclic) bond motifs is 1. The van der Waals surface area contributed by atoms with Crippen molar-refractivity contribution in [3.63, 3.8) is 0 Å². The van der Waals surface area contributed by atoms with E-state index in [0.717, 1.165) is 36.2 Å². The number of likely N-dealkylation sites (N-methyl/N-ethyl adjacent to an activating group) is 1. The molecule has 1 aromatic heterocycles. The van der Waals surface area contributed by atoms with Crippen LogP contribution in [0.25, 0.3) is 11.0 Å². The topological polar surface area (TPSA) is 51.9 Å². The van der Waals surface area contributed by atoms with Crippen molar-refractivity contribution in [2.45, 2.75) is 44.9 Å². The molecule has 0 spiro atoms. The molecule has 0 radical (unpaired) electrons. The molecule has 130 valence electrons. The first-order valence-corrected chi connectivity index (χ1v) is 8.54. The summed E-state index contributed by atoms with van der Waals surface area (Å²) in [5, 5.41) is 1.04. The van der Waals surface area contributed by atoms with Gasteiger partial charge in [-0.05, 0) is 38.8 Å². The van der Waals surface area contributed by atoms with Crippen LogP contribution in [0.2, 0.25) is 0 Å². The summed E-state index contributed by atoms with van der Waals surface area (Å²) < 4.78 is 17.1. The summed E-state index contributed by atoms with van der Waals surface area (Å²) in [4.78, 5) is 14.3. The molecular formula is C19H25NO4. The fourth-order valence-corrected chi connectivity index (χ4v) is 2.98. The molecule has 0 saturated carbocycles. The fourth-order valence-electron chi connectivity index (χ4n) is 2.98. The molecule has 0 bridgehead atoms. The number of para-hydroxylation sites is 1. The zero-order valence-electron chi connectivity index (χ0n) is 14.5. The number of nitrogens with zero attached hydrogens (tertiary/aromatic N) is 1. The first-order chi connectivity index (χ1) is 11.6. The minimum atomic E-state index is -0.494. The first-order valence-electron chi connectivity index (χ1n) is 8.54. The van der Waals surface area contributed by atoms with Gasteiger partial charge in [-0.1, -0.05) is 18.2 Å². The minimum Gasteiger partial charge on any atom is -0.459 e. The second-order valence-corrected chi connectivity index (χ2v) is 6.42. The van der Waals surface area contributed by atoms with E-state index in [0.29, 0.717) is 6.61 Å². The van der Waals surface area contributed by atoms with Gasteiger partial charge in [-0.25, -0.2) is 0 Å². The average molecular weight is 331 g/mol. The van der Waals surface area contributed by atoms with Gasteiger partial charge in [0.25, 0.3) is 5.91 Å². The van der Waals surface area contributed by atoms with Gasteiger partial charge in [0.2, 0.25) is 0 Å². The molecule has 2 aromatic rings. The van der Waals surface area contributed by atoms with E-state index >= 15 is 0 Å². The van der Waals surface area contributed by atoms with Gasteiger partial charge in [-0.2, -0.15) is 0 Å². The van der Waals surface area contributed by atoms with E-state index in [4.69, 9.17) is 13.9 Å². The van der Waals surface area contributed by atoms with Crippen LogP contribution in [0.5, 0.6) is 0 Å². The molecule has 3 atom stereocenters. The van der Waals surface area contributed by atoms with Gasteiger partial charge < -0.3 is 18.8 Å². The summed E-state index contributed by atoms with van der Waals surface area (Å²) in [5.74, 6) is 0.722. The normalized spacial score (nSPS) is 20.2. The average Bonchev–Trinajstić information content (AvgIpc) is 3.26. The lowest BCUT2D eigenvalue weighted by Gasteiger charge is -2.26. The molecule has 0 unspecified atom stereocenters. The van der Waals surface area contributed by atoms with Crippen LogP contribution >= 0.6 is 0 Å². The van der Waals surface area contributed by atoms with Crippen LogP contribution in [0.3, 0.4) is 0 Å². The maximum atomic E-state index is 12.6. The van der Waals surface area contributed by atoms with E-state index in [2.05, 4.69) is 0 Å². The molecule has 24 heavy (non-hydrogen) atoms. The smallest absolute Gasteiger partial charge is 0.251 e. The number of ether oxygens (including phenoxy) is 2. The van der Waals surface area contributed by atoms with E-state index in [1.54, 1.807) is 18.9 Å². The van der Waals surface area contributed by atoms with Crippen molar-refractivity contribution in [3.8, 4) is 0 Å². The quantitative estimate of drug-likeness (QED) is 0.812. The van der Waals surface area contributed by atoms with E-state index in [-0.39, 0.29) is 18.1 Å². The van der Waals surface area contributed by atoms with Gasteiger partial charge in [0.1, 0.15) is 17.4 Å². The molecule has 1 amide bonds. The lowest BCUT2D eigenvalue weighted by molar-refractivity contribution is -0.145. The molecule has 2 heterocycles. The molecule has 1 aromatic carbocycles. The number of hydrogen-bond acceptors (Lipinski definition) is 4. The maximum Gasteiger partial charge on any atom is 0.251 e. The Morgan fingerprint density at radius 2 is 2.17 bits per heavy atom. The van der Waals surface area contributed by atoms with Crippen LogP contribution in [0.15, 0.2) is 34.7 Å². The van der Waals surface area contributed by atoms with Crippen molar-refractivity contribution >= 4 is 16.9 Å². The molecular weight excluding hydrogens is 306 g/mol. The van der Waals surface area contributed by atoms with Gasteiger partial charge >= 0.3 is 0 Å². The van der Waals surface area contributed by atoms with Crippen molar-refractivity contribution in [1.82, 2.24) is 4.90 Å². The van der Waals surface area contributed by atoms with Crippen LogP contribution in [0.4, 0.5) is 0 Å². The summed E-state index contributed by atoms with van der Waals surface area (Å²) in [6.45, 7) is 5.01. The monoisotopic (exact) mass is 331 g/mol. The SMILES string of the molecule is C[C@H](OC[C@@H]1CCCO1)C(=O)N(C)[C@@H](C)c1cc2ccccc2o1. The van der Waals surface area contributed by atoms with Crippen molar-refractivity contribution in [2.24, 2.45) is 0 Å². The van der Waals surface area contributed by atoms with E-state index in [1.165, 1.54) is 0 Å². The minimum absolute atomic E-state index is 0.0547. The second kappa shape index (κ2) is 7.36. The van der Waals surface area contributed by atoms with Crippen LogP contribution < -0.4 is 0 Å². The summed E-state index contributed by atoms with van der Waals surface area (Å²) in [6.07, 6.45) is 1.70. The molecule has 3 rings (SSSR count). The molecule has 1 fully saturated rings. The van der Waals surface area contributed by atoms with E-state index in [9.17, 15) is 4.79 Å². The van der Waals surface area contributed by atoms with Crippen LogP contribution in [0.1, 0.15) is 38.5 Å².